The minimum Gasteiger partial charge on any atom is -0.493 e. The Morgan fingerprint density at radius 1 is 1.04 bits per heavy atom. The monoisotopic (exact) mass is 403 g/mol. The van der Waals surface area contributed by atoms with Gasteiger partial charge in [-0.3, -0.25) is 0 Å². The molecular formula is C18H18BrN3O3. The zero-order chi connectivity index (χ0) is 17.6. The minimum absolute atomic E-state index is 0.437. The number of fused-ring (bicyclic) bond motifs is 1. The predicted molar refractivity (Wildman–Crippen MR) is 101 cm³/mol. The van der Waals surface area contributed by atoms with E-state index in [9.17, 15) is 0 Å². The second-order valence-corrected chi connectivity index (χ2v) is 6.13. The summed E-state index contributed by atoms with van der Waals surface area (Å²) in [6, 6.07) is 11.6. The number of anilines is 2. The standard InChI is InChI=1S/C18H18BrN3O3/c1-23-6-7-25-17-10-15-14(9-16(17)24-2)18(21-11-20-15)22-13-5-3-4-12(19)8-13/h3-5,8-11H,6-7H2,1-2H3,(H,20,21,22). The van der Waals surface area contributed by atoms with Crippen LogP contribution in [0.5, 0.6) is 11.5 Å². The lowest BCUT2D eigenvalue weighted by Crippen LogP contribution is -2.05. The summed E-state index contributed by atoms with van der Waals surface area (Å²) in [5.74, 6) is 1.94. The van der Waals surface area contributed by atoms with Crippen molar-refractivity contribution in [3.05, 3.63) is 47.2 Å². The Balaban J connectivity index is 1.97. The van der Waals surface area contributed by atoms with Gasteiger partial charge in [0.25, 0.3) is 0 Å². The first-order valence-corrected chi connectivity index (χ1v) is 8.47. The molecule has 1 N–H and O–H groups in total. The molecule has 130 valence electrons. The molecular weight excluding hydrogens is 386 g/mol. The van der Waals surface area contributed by atoms with Gasteiger partial charge in [0, 0.05) is 28.7 Å². The fourth-order valence-corrected chi connectivity index (χ4v) is 2.77. The van der Waals surface area contributed by atoms with Crippen LogP contribution in [0.4, 0.5) is 11.5 Å². The van der Waals surface area contributed by atoms with Crippen LogP contribution >= 0.6 is 15.9 Å². The number of halogens is 1. The molecule has 0 saturated heterocycles. The van der Waals surface area contributed by atoms with E-state index < -0.39 is 0 Å². The molecule has 0 amide bonds. The number of rotatable bonds is 7. The molecule has 6 nitrogen and oxygen atoms in total. The zero-order valence-electron chi connectivity index (χ0n) is 14.0. The van der Waals surface area contributed by atoms with E-state index in [4.69, 9.17) is 14.2 Å². The SMILES string of the molecule is COCCOc1cc2ncnc(Nc3cccc(Br)c3)c2cc1OC. The van der Waals surface area contributed by atoms with Crippen molar-refractivity contribution in [3.8, 4) is 11.5 Å². The number of methoxy groups -OCH3 is 2. The van der Waals surface area contributed by atoms with Gasteiger partial charge in [-0.25, -0.2) is 9.97 Å². The predicted octanol–water partition coefficient (Wildman–Crippen LogP) is 4.17. The van der Waals surface area contributed by atoms with Gasteiger partial charge in [0.2, 0.25) is 0 Å². The lowest BCUT2D eigenvalue weighted by molar-refractivity contribution is 0.144. The third-order valence-corrected chi connectivity index (χ3v) is 4.05. The van der Waals surface area contributed by atoms with Gasteiger partial charge in [0.1, 0.15) is 18.8 Å². The average Bonchev–Trinajstić information content (AvgIpc) is 2.61. The van der Waals surface area contributed by atoms with Crippen LogP contribution in [0.1, 0.15) is 0 Å². The lowest BCUT2D eigenvalue weighted by Gasteiger charge is -2.13. The van der Waals surface area contributed by atoms with E-state index in [1.807, 2.05) is 36.4 Å². The van der Waals surface area contributed by atoms with Gasteiger partial charge in [-0.1, -0.05) is 22.0 Å². The maximum atomic E-state index is 5.71. The number of nitrogens with zero attached hydrogens (tertiary/aromatic N) is 2. The third kappa shape index (κ3) is 4.18. The van der Waals surface area contributed by atoms with E-state index in [1.165, 1.54) is 6.33 Å². The molecule has 0 atom stereocenters. The Morgan fingerprint density at radius 3 is 2.68 bits per heavy atom. The van der Waals surface area contributed by atoms with E-state index in [-0.39, 0.29) is 0 Å². The van der Waals surface area contributed by atoms with E-state index in [2.05, 4.69) is 31.2 Å². The molecule has 0 unspecified atom stereocenters. The van der Waals surface area contributed by atoms with Crippen molar-refractivity contribution < 1.29 is 14.2 Å². The number of hydrogen-bond acceptors (Lipinski definition) is 6. The molecule has 25 heavy (non-hydrogen) atoms. The molecule has 0 aliphatic heterocycles. The number of ether oxygens (including phenoxy) is 3. The molecule has 0 saturated carbocycles. The molecule has 0 spiro atoms. The summed E-state index contributed by atoms with van der Waals surface area (Å²) in [7, 11) is 3.24. The van der Waals surface area contributed by atoms with Gasteiger partial charge in [0.15, 0.2) is 11.5 Å². The Hall–Kier alpha value is -2.38. The summed E-state index contributed by atoms with van der Waals surface area (Å²) in [6.07, 6.45) is 1.52. The van der Waals surface area contributed by atoms with E-state index in [0.717, 1.165) is 21.1 Å². The second kappa shape index (κ2) is 8.13. The number of benzene rings is 2. The molecule has 2 aromatic carbocycles. The van der Waals surface area contributed by atoms with Gasteiger partial charge in [-0.15, -0.1) is 0 Å². The fourth-order valence-electron chi connectivity index (χ4n) is 2.37. The van der Waals surface area contributed by atoms with Crippen LogP contribution in [0.15, 0.2) is 47.2 Å². The molecule has 1 aromatic heterocycles. The molecule has 0 radical (unpaired) electrons. The molecule has 0 aliphatic rings. The summed E-state index contributed by atoms with van der Waals surface area (Å²) in [6.45, 7) is 0.938. The second-order valence-electron chi connectivity index (χ2n) is 5.22. The highest BCUT2D eigenvalue weighted by Crippen LogP contribution is 2.34. The van der Waals surface area contributed by atoms with Crippen LogP contribution in [0.3, 0.4) is 0 Å². The van der Waals surface area contributed by atoms with Crippen molar-refractivity contribution in [2.45, 2.75) is 0 Å². The summed E-state index contributed by atoms with van der Waals surface area (Å²) in [4.78, 5) is 8.70. The Kier molecular flexibility index (Phi) is 5.67. The van der Waals surface area contributed by atoms with Crippen molar-refractivity contribution in [2.24, 2.45) is 0 Å². The van der Waals surface area contributed by atoms with Crippen molar-refractivity contribution in [1.29, 1.82) is 0 Å². The highest BCUT2D eigenvalue weighted by molar-refractivity contribution is 9.10. The van der Waals surface area contributed by atoms with Crippen LogP contribution in [-0.4, -0.2) is 37.4 Å². The van der Waals surface area contributed by atoms with Crippen LogP contribution in [-0.2, 0) is 4.74 Å². The zero-order valence-corrected chi connectivity index (χ0v) is 15.5. The van der Waals surface area contributed by atoms with E-state index in [0.29, 0.717) is 30.5 Å². The van der Waals surface area contributed by atoms with Crippen molar-refractivity contribution in [3.63, 3.8) is 0 Å². The van der Waals surface area contributed by atoms with Gasteiger partial charge in [-0.2, -0.15) is 0 Å². The fraction of sp³-hybridized carbons (Fsp3) is 0.222. The summed E-state index contributed by atoms with van der Waals surface area (Å²) >= 11 is 3.47. The van der Waals surface area contributed by atoms with Crippen LogP contribution in [0.25, 0.3) is 10.9 Å². The largest absolute Gasteiger partial charge is 0.493 e. The van der Waals surface area contributed by atoms with Crippen molar-refractivity contribution in [2.75, 3.05) is 32.8 Å². The van der Waals surface area contributed by atoms with Gasteiger partial charge in [-0.05, 0) is 24.3 Å². The molecule has 3 rings (SSSR count). The summed E-state index contributed by atoms with van der Waals surface area (Å²) in [5, 5.41) is 4.16. The van der Waals surface area contributed by atoms with E-state index in [1.54, 1.807) is 14.2 Å². The Bertz CT molecular complexity index is 873. The smallest absolute Gasteiger partial charge is 0.163 e. The van der Waals surface area contributed by atoms with Gasteiger partial charge in [0.05, 0.1) is 19.2 Å². The van der Waals surface area contributed by atoms with Crippen LogP contribution < -0.4 is 14.8 Å². The molecule has 7 heteroatoms. The number of aromatic nitrogens is 2. The maximum absolute atomic E-state index is 5.71. The van der Waals surface area contributed by atoms with Gasteiger partial charge < -0.3 is 19.5 Å². The summed E-state index contributed by atoms with van der Waals surface area (Å²) in [5.41, 5.74) is 1.69. The maximum Gasteiger partial charge on any atom is 0.163 e. The van der Waals surface area contributed by atoms with Crippen LogP contribution in [0.2, 0.25) is 0 Å². The Labute approximate surface area is 154 Å². The highest BCUT2D eigenvalue weighted by atomic mass is 79.9. The molecule has 0 fully saturated rings. The first-order valence-electron chi connectivity index (χ1n) is 7.68. The number of nitrogens with one attached hydrogen (secondary N) is 1. The third-order valence-electron chi connectivity index (χ3n) is 3.55. The Morgan fingerprint density at radius 2 is 1.92 bits per heavy atom. The first-order chi connectivity index (χ1) is 12.2. The molecule has 0 bridgehead atoms. The van der Waals surface area contributed by atoms with Gasteiger partial charge >= 0.3 is 0 Å². The minimum atomic E-state index is 0.437. The quantitative estimate of drug-likeness (QED) is 0.597. The van der Waals surface area contributed by atoms with Crippen molar-refractivity contribution in [1.82, 2.24) is 9.97 Å². The number of hydrogen-bond donors (Lipinski definition) is 1. The van der Waals surface area contributed by atoms with E-state index >= 15 is 0 Å². The molecule has 3 aromatic rings. The normalized spacial score (nSPS) is 10.7. The van der Waals surface area contributed by atoms with Crippen LogP contribution in [0, 0.1) is 0 Å². The lowest BCUT2D eigenvalue weighted by atomic mass is 10.2. The molecule has 0 aliphatic carbocycles. The highest BCUT2D eigenvalue weighted by Gasteiger charge is 2.12. The molecule has 1 heterocycles. The average molecular weight is 404 g/mol. The van der Waals surface area contributed by atoms with Crippen molar-refractivity contribution >= 4 is 38.3 Å². The topological polar surface area (TPSA) is 65.5 Å². The first kappa shape index (κ1) is 17.4. The summed E-state index contributed by atoms with van der Waals surface area (Å²) < 4.78 is 17.2.